The van der Waals surface area contributed by atoms with E-state index < -0.39 is 0 Å². The standard InChI is InChI=1S/C24H30ClN7O/c1-16(33)31-11-13-32(14-12-31)19-5-3-17(4-6-19)23-28-22-21(20(25)15-26-24(22)29-23)27-18-7-9-30(2)10-8-18/h3-6,15,18H,7-14H2,1-2H3,(H2,26,27,28,29). The second kappa shape index (κ2) is 9.19. The number of anilines is 2. The van der Waals surface area contributed by atoms with Crippen molar-refractivity contribution in [2.75, 3.05) is 56.5 Å². The summed E-state index contributed by atoms with van der Waals surface area (Å²) in [5.74, 6) is 0.924. The van der Waals surface area contributed by atoms with Gasteiger partial charge in [0.05, 0.1) is 16.9 Å². The number of pyridine rings is 1. The second-order valence-corrected chi connectivity index (χ2v) is 9.43. The van der Waals surface area contributed by atoms with Crippen molar-refractivity contribution in [3.8, 4) is 11.4 Å². The molecule has 0 aliphatic carbocycles. The number of aromatic nitrogens is 3. The molecule has 2 aliphatic rings. The van der Waals surface area contributed by atoms with E-state index in [1.807, 2.05) is 4.90 Å². The Morgan fingerprint density at radius 3 is 2.45 bits per heavy atom. The molecule has 0 unspecified atom stereocenters. The normalized spacial score (nSPS) is 18.2. The molecule has 9 heteroatoms. The van der Waals surface area contributed by atoms with E-state index in [4.69, 9.17) is 16.6 Å². The van der Waals surface area contributed by atoms with Crippen LogP contribution in [0.1, 0.15) is 19.8 Å². The summed E-state index contributed by atoms with van der Waals surface area (Å²) in [6.07, 6.45) is 3.84. The minimum Gasteiger partial charge on any atom is -0.379 e. The van der Waals surface area contributed by atoms with Gasteiger partial charge in [-0.2, -0.15) is 0 Å². The van der Waals surface area contributed by atoms with Gasteiger partial charge in [0.2, 0.25) is 5.91 Å². The van der Waals surface area contributed by atoms with Crippen molar-refractivity contribution in [2.45, 2.75) is 25.8 Å². The molecule has 4 heterocycles. The van der Waals surface area contributed by atoms with E-state index in [-0.39, 0.29) is 5.91 Å². The lowest BCUT2D eigenvalue weighted by molar-refractivity contribution is -0.129. The average Bonchev–Trinajstić information content (AvgIpc) is 3.27. The Balaban J connectivity index is 1.34. The largest absolute Gasteiger partial charge is 0.379 e. The molecule has 2 aliphatic heterocycles. The van der Waals surface area contributed by atoms with E-state index in [0.717, 1.165) is 80.4 Å². The number of imidazole rings is 1. The minimum atomic E-state index is 0.147. The van der Waals surface area contributed by atoms with Crippen molar-refractivity contribution in [1.82, 2.24) is 24.8 Å². The number of aromatic amines is 1. The van der Waals surface area contributed by atoms with Crippen molar-refractivity contribution < 1.29 is 4.79 Å². The van der Waals surface area contributed by atoms with Crippen LogP contribution in [0.15, 0.2) is 30.5 Å². The molecule has 0 spiro atoms. The molecule has 5 rings (SSSR count). The lowest BCUT2D eigenvalue weighted by Crippen LogP contribution is -2.48. The zero-order chi connectivity index (χ0) is 22.9. The zero-order valence-corrected chi connectivity index (χ0v) is 19.9. The van der Waals surface area contributed by atoms with Crippen LogP contribution in [0.2, 0.25) is 5.02 Å². The predicted molar refractivity (Wildman–Crippen MR) is 133 cm³/mol. The van der Waals surface area contributed by atoms with Gasteiger partial charge in [-0.05, 0) is 57.2 Å². The van der Waals surface area contributed by atoms with Gasteiger partial charge in [0.25, 0.3) is 0 Å². The fourth-order valence-corrected chi connectivity index (χ4v) is 4.88. The number of carbonyl (C=O) groups is 1. The number of amides is 1. The summed E-state index contributed by atoms with van der Waals surface area (Å²) in [5, 5.41) is 4.24. The van der Waals surface area contributed by atoms with Gasteiger partial charge in [-0.1, -0.05) is 11.6 Å². The molecule has 1 aromatic carbocycles. The topological polar surface area (TPSA) is 80.4 Å². The maximum absolute atomic E-state index is 11.6. The number of hydrogen-bond acceptors (Lipinski definition) is 6. The molecule has 1 amide bonds. The number of halogens is 1. The van der Waals surface area contributed by atoms with E-state index in [0.29, 0.717) is 16.7 Å². The number of fused-ring (bicyclic) bond motifs is 1. The van der Waals surface area contributed by atoms with Crippen LogP contribution in [0.5, 0.6) is 0 Å². The molecule has 3 aromatic rings. The van der Waals surface area contributed by atoms with Crippen molar-refractivity contribution in [2.24, 2.45) is 0 Å². The van der Waals surface area contributed by atoms with E-state index in [1.54, 1.807) is 13.1 Å². The monoisotopic (exact) mass is 467 g/mol. The van der Waals surface area contributed by atoms with E-state index >= 15 is 0 Å². The van der Waals surface area contributed by atoms with Crippen LogP contribution in [0.3, 0.4) is 0 Å². The molecule has 0 atom stereocenters. The van der Waals surface area contributed by atoms with Crippen molar-refractivity contribution >= 4 is 40.0 Å². The van der Waals surface area contributed by atoms with Gasteiger partial charge in [0.15, 0.2) is 5.65 Å². The number of nitrogens with zero attached hydrogens (tertiary/aromatic N) is 5. The van der Waals surface area contributed by atoms with Crippen molar-refractivity contribution in [1.29, 1.82) is 0 Å². The Morgan fingerprint density at radius 1 is 1.09 bits per heavy atom. The van der Waals surface area contributed by atoms with E-state index in [9.17, 15) is 4.79 Å². The Morgan fingerprint density at radius 2 is 1.79 bits per heavy atom. The molecule has 33 heavy (non-hydrogen) atoms. The molecular formula is C24H30ClN7O. The summed E-state index contributed by atoms with van der Waals surface area (Å²) in [6.45, 7) is 7.01. The van der Waals surface area contributed by atoms with Gasteiger partial charge in [0.1, 0.15) is 11.3 Å². The summed E-state index contributed by atoms with van der Waals surface area (Å²) in [7, 11) is 2.16. The average molecular weight is 468 g/mol. The Kier molecular flexibility index (Phi) is 6.12. The molecule has 174 valence electrons. The quantitative estimate of drug-likeness (QED) is 0.611. The lowest BCUT2D eigenvalue weighted by atomic mass is 10.1. The number of H-pyrrole nitrogens is 1. The fourth-order valence-electron chi connectivity index (χ4n) is 4.68. The minimum absolute atomic E-state index is 0.147. The Labute approximate surface area is 198 Å². The third-order valence-corrected chi connectivity index (χ3v) is 7.06. The fraction of sp³-hybridized carbons (Fsp3) is 0.458. The molecule has 8 nitrogen and oxygen atoms in total. The predicted octanol–water partition coefficient (Wildman–Crippen LogP) is 3.45. The molecule has 0 radical (unpaired) electrons. The number of piperazine rings is 1. The molecule has 0 saturated carbocycles. The van der Waals surface area contributed by atoms with Crippen LogP contribution < -0.4 is 10.2 Å². The maximum Gasteiger partial charge on any atom is 0.219 e. The summed E-state index contributed by atoms with van der Waals surface area (Å²) < 4.78 is 0. The molecular weight excluding hydrogens is 438 g/mol. The molecule has 2 aromatic heterocycles. The molecule has 2 saturated heterocycles. The molecule has 2 N–H and O–H groups in total. The highest BCUT2D eigenvalue weighted by Gasteiger charge is 2.21. The number of likely N-dealkylation sites (tertiary alicyclic amines) is 1. The van der Waals surface area contributed by atoms with Gasteiger partial charge < -0.3 is 25.0 Å². The van der Waals surface area contributed by atoms with Crippen LogP contribution in [-0.2, 0) is 4.79 Å². The number of rotatable bonds is 4. The molecule has 2 fully saturated rings. The van der Waals surface area contributed by atoms with Crippen LogP contribution in [0.25, 0.3) is 22.6 Å². The smallest absolute Gasteiger partial charge is 0.219 e. The number of nitrogens with one attached hydrogen (secondary N) is 2. The summed E-state index contributed by atoms with van der Waals surface area (Å²) in [5.41, 5.74) is 4.55. The third kappa shape index (κ3) is 4.63. The first-order chi connectivity index (χ1) is 16.0. The molecule has 0 bridgehead atoms. The summed E-state index contributed by atoms with van der Waals surface area (Å²) >= 11 is 6.53. The Hall–Kier alpha value is -2.84. The second-order valence-electron chi connectivity index (χ2n) is 9.03. The first kappa shape index (κ1) is 22.0. The number of hydrogen-bond donors (Lipinski definition) is 2. The lowest BCUT2D eigenvalue weighted by Gasteiger charge is -2.35. The van der Waals surface area contributed by atoms with Crippen molar-refractivity contribution in [3.63, 3.8) is 0 Å². The number of carbonyl (C=O) groups excluding carboxylic acids is 1. The Bertz CT molecular complexity index is 1130. The van der Waals surface area contributed by atoms with Crippen LogP contribution in [0, 0.1) is 0 Å². The van der Waals surface area contributed by atoms with Crippen molar-refractivity contribution in [3.05, 3.63) is 35.5 Å². The van der Waals surface area contributed by atoms with Crippen LogP contribution in [-0.4, -0.2) is 83.0 Å². The first-order valence-electron chi connectivity index (χ1n) is 11.6. The highest BCUT2D eigenvalue weighted by Crippen LogP contribution is 2.32. The van der Waals surface area contributed by atoms with E-state index in [1.165, 1.54) is 0 Å². The highest BCUT2D eigenvalue weighted by molar-refractivity contribution is 6.34. The summed E-state index contributed by atoms with van der Waals surface area (Å²) in [4.78, 5) is 30.7. The van der Waals surface area contributed by atoms with Gasteiger partial charge >= 0.3 is 0 Å². The van der Waals surface area contributed by atoms with Crippen LogP contribution in [0.4, 0.5) is 11.4 Å². The number of piperidine rings is 1. The van der Waals surface area contributed by atoms with E-state index in [2.05, 4.69) is 56.4 Å². The van der Waals surface area contributed by atoms with Crippen LogP contribution >= 0.6 is 11.6 Å². The maximum atomic E-state index is 11.6. The van der Waals surface area contributed by atoms with Gasteiger partial charge in [0, 0.05) is 50.4 Å². The van der Waals surface area contributed by atoms with Gasteiger partial charge in [-0.15, -0.1) is 0 Å². The SMILES string of the molecule is CC(=O)N1CCN(c2ccc(-c3nc4ncc(Cl)c(NC5CCN(C)CC5)c4[nH]3)cc2)CC1. The van der Waals surface area contributed by atoms with Gasteiger partial charge in [-0.25, -0.2) is 9.97 Å². The zero-order valence-electron chi connectivity index (χ0n) is 19.1. The highest BCUT2D eigenvalue weighted by atomic mass is 35.5. The number of benzene rings is 1. The summed E-state index contributed by atoms with van der Waals surface area (Å²) in [6, 6.07) is 8.78. The third-order valence-electron chi connectivity index (χ3n) is 6.77. The first-order valence-corrected chi connectivity index (χ1v) is 12.0. The van der Waals surface area contributed by atoms with Gasteiger partial charge in [-0.3, -0.25) is 4.79 Å².